The highest BCUT2D eigenvalue weighted by atomic mass is 35.5. The molecule has 0 N–H and O–H groups in total. The van der Waals surface area contributed by atoms with Crippen molar-refractivity contribution in [3.8, 4) is 6.07 Å². The first kappa shape index (κ1) is 14.3. The summed E-state index contributed by atoms with van der Waals surface area (Å²) in [5, 5.41) is 8.47. The number of esters is 1. The van der Waals surface area contributed by atoms with E-state index in [4.69, 9.17) is 16.9 Å². The Morgan fingerprint density at radius 1 is 1.50 bits per heavy atom. The normalized spacial score (nSPS) is 10.9. The van der Waals surface area contributed by atoms with Gasteiger partial charge in [0.05, 0.1) is 29.7 Å². The number of rotatable bonds is 2. The first-order valence-corrected chi connectivity index (χ1v) is 5.04. The van der Waals surface area contributed by atoms with Crippen LogP contribution in [0.25, 0.3) is 0 Å². The zero-order chi connectivity index (χ0) is 13.9. The molecular formula is C11H7ClF3NO2. The van der Waals surface area contributed by atoms with E-state index >= 15 is 0 Å². The number of carbonyl (C=O) groups excluding carboxylic acids is 1. The summed E-state index contributed by atoms with van der Waals surface area (Å²) in [6.07, 6.45) is -5.04. The highest BCUT2D eigenvalue weighted by Gasteiger charge is 2.32. The van der Waals surface area contributed by atoms with Crippen LogP contribution in [-0.2, 0) is 22.1 Å². The van der Waals surface area contributed by atoms with Gasteiger partial charge in [0, 0.05) is 0 Å². The Kier molecular flexibility index (Phi) is 4.19. The van der Waals surface area contributed by atoms with E-state index in [1.807, 2.05) is 0 Å². The third-order valence-corrected chi connectivity index (χ3v) is 2.47. The van der Waals surface area contributed by atoms with Gasteiger partial charge < -0.3 is 4.74 Å². The van der Waals surface area contributed by atoms with Crippen molar-refractivity contribution in [2.24, 2.45) is 0 Å². The number of benzene rings is 1. The van der Waals surface area contributed by atoms with Gasteiger partial charge in [-0.15, -0.1) is 0 Å². The second kappa shape index (κ2) is 5.27. The zero-order valence-corrected chi connectivity index (χ0v) is 9.89. The van der Waals surface area contributed by atoms with Crippen LogP contribution in [0.2, 0.25) is 5.02 Å². The highest BCUT2D eigenvalue weighted by molar-refractivity contribution is 6.32. The van der Waals surface area contributed by atoms with Crippen LogP contribution in [0, 0.1) is 11.3 Å². The van der Waals surface area contributed by atoms with E-state index in [9.17, 15) is 18.0 Å². The Bertz CT molecular complexity index is 520. The van der Waals surface area contributed by atoms with E-state index in [-0.39, 0.29) is 16.1 Å². The molecule has 1 aromatic rings. The van der Waals surface area contributed by atoms with Gasteiger partial charge >= 0.3 is 12.1 Å². The number of alkyl halides is 3. The van der Waals surface area contributed by atoms with E-state index in [2.05, 4.69) is 4.74 Å². The molecule has 0 unspecified atom stereocenters. The maximum absolute atomic E-state index is 12.5. The van der Waals surface area contributed by atoms with Gasteiger partial charge in [-0.1, -0.05) is 11.6 Å². The fraction of sp³-hybridized carbons (Fsp3) is 0.273. The van der Waals surface area contributed by atoms with E-state index in [1.165, 1.54) is 0 Å². The minimum absolute atomic E-state index is 0.107. The monoisotopic (exact) mass is 277 g/mol. The molecule has 0 aromatic heterocycles. The maximum atomic E-state index is 12.5. The molecule has 7 heteroatoms. The number of hydrogen-bond acceptors (Lipinski definition) is 3. The minimum atomic E-state index is -4.59. The molecule has 96 valence electrons. The molecule has 1 rings (SSSR count). The average molecular weight is 278 g/mol. The molecular weight excluding hydrogens is 271 g/mol. The molecule has 1 aromatic carbocycles. The van der Waals surface area contributed by atoms with Crippen molar-refractivity contribution in [1.29, 1.82) is 5.26 Å². The largest absolute Gasteiger partial charge is 0.469 e. The lowest BCUT2D eigenvalue weighted by Crippen LogP contribution is -2.10. The predicted octanol–water partition coefficient (Wildman–Crippen LogP) is 2.95. The summed E-state index contributed by atoms with van der Waals surface area (Å²) in [4.78, 5) is 11.1. The van der Waals surface area contributed by atoms with Crippen LogP contribution in [0.15, 0.2) is 12.1 Å². The Morgan fingerprint density at radius 2 is 2.11 bits per heavy atom. The van der Waals surface area contributed by atoms with Crippen LogP contribution in [-0.4, -0.2) is 13.1 Å². The first-order valence-electron chi connectivity index (χ1n) is 4.66. The molecule has 0 aliphatic carbocycles. The number of carbonyl (C=O) groups is 1. The zero-order valence-electron chi connectivity index (χ0n) is 9.14. The second-order valence-corrected chi connectivity index (χ2v) is 3.76. The van der Waals surface area contributed by atoms with Crippen LogP contribution in [0.1, 0.15) is 16.7 Å². The first-order chi connectivity index (χ1) is 8.29. The molecule has 0 aliphatic heterocycles. The summed E-state index contributed by atoms with van der Waals surface area (Å²) in [5.74, 6) is -0.748. The maximum Gasteiger partial charge on any atom is 0.416 e. The van der Waals surface area contributed by atoms with Crippen molar-refractivity contribution >= 4 is 17.6 Å². The molecule has 18 heavy (non-hydrogen) atoms. The van der Waals surface area contributed by atoms with Gasteiger partial charge in [0.2, 0.25) is 0 Å². The lowest BCUT2D eigenvalue weighted by Gasteiger charge is -2.11. The fourth-order valence-corrected chi connectivity index (χ4v) is 1.60. The van der Waals surface area contributed by atoms with Crippen LogP contribution in [0.3, 0.4) is 0 Å². The summed E-state index contributed by atoms with van der Waals surface area (Å²) < 4.78 is 42.0. The Morgan fingerprint density at radius 3 is 2.56 bits per heavy atom. The third-order valence-electron chi connectivity index (χ3n) is 2.17. The molecule has 3 nitrogen and oxygen atoms in total. The Balaban J connectivity index is 3.34. The molecule has 0 aliphatic rings. The summed E-state index contributed by atoms with van der Waals surface area (Å²) >= 11 is 5.59. The Hall–Kier alpha value is -1.74. The summed E-state index contributed by atoms with van der Waals surface area (Å²) in [5.41, 5.74) is -1.27. The number of halogens is 4. The number of hydrogen-bond donors (Lipinski definition) is 0. The summed E-state index contributed by atoms with van der Waals surface area (Å²) in [6.45, 7) is 0. The van der Waals surface area contributed by atoms with Crippen molar-refractivity contribution in [3.63, 3.8) is 0 Å². The summed E-state index contributed by atoms with van der Waals surface area (Å²) in [7, 11) is 1.10. The third kappa shape index (κ3) is 3.14. The SMILES string of the molecule is COC(=O)Cc1cc(C(F)(F)F)cc(Cl)c1C#N. The van der Waals surface area contributed by atoms with Crippen LogP contribution >= 0.6 is 11.6 Å². The van der Waals surface area contributed by atoms with Crippen LogP contribution < -0.4 is 0 Å². The van der Waals surface area contributed by atoms with Gasteiger partial charge in [-0.25, -0.2) is 0 Å². The molecule has 0 spiro atoms. The molecule has 0 amide bonds. The lowest BCUT2D eigenvalue weighted by molar-refractivity contribution is -0.140. The van der Waals surface area contributed by atoms with Crippen molar-refractivity contribution in [1.82, 2.24) is 0 Å². The number of methoxy groups -OCH3 is 1. The fourth-order valence-electron chi connectivity index (χ4n) is 1.32. The van der Waals surface area contributed by atoms with E-state index in [0.29, 0.717) is 6.07 Å². The average Bonchev–Trinajstić information content (AvgIpc) is 2.27. The smallest absolute Gasteiger partial charge is 0.416 e. The topological polar surface area (TPSA) is 50.1 Å². The van der Waals surface area contributed by atoms with Gasteiger partial charge in [-0.3, -0.25) is 4.79 Å². The molecule has 0 saturated heterocycles. The minimum Gasteiger partial charge on any atom is -0.469 e. The van der Waals surface area contributed by atoms with E-state index < -0.39 is 24.1 Å². The number of nitriles is 1. The second-order valence-electron chi connectivity index (χ2n) is 3.35. The van der Waals surface area contributed by atoms with Crippen molar-refractivity contribution in [2.75, 3.05) is 7.11 Å². The lowest BCUT2D eigenvalue weighted by atomic mass is 10.0. The van der Waals surface area contributed by atoms with Crippen molar-refractivity contribution < 1.29 is 22.7 Å². The quantitative estimate of drug-likeness (QED) is 0.781. The van der Waals surface area contributed by atoms with Gasteiger partial charge in [-0.2, -0.15) is 18.4 Å². The van der Waals surface area contributed by atoms with Crippen LogP contribution in [0.5, 0.6) is 0 Å². The van der Waals surface area contributed by atoms with Crippen molar-refractivity contribution in [2.45, 2.75) is 12.6 Å². The predicted molar refractivity (Wildman–Crippen MR) is 56.9 cm³/mol. The van der Waals surface area contributed by atoms with Crippen LogP contribution in [0.4, 0.5) is 13.2 Å². The van der Waals surface area contributed by atoms with Gasteiger partial charge in [0.1, 0.15) is 6.07 Å². The molecule has 0 fully saturated rings. The van der Waals surface area contributed by atoms with Gasteiger partial charge in [0.25, 0.3) is 0 Å². The molecule has 0 heterocycles. The van der Waals surface area contributed by atoms with E-state index in [1.54, 1.807) is 6.07 Å². The molecule has 0 saturated carbocycles. The number of ether oxygens (including phenoxy) is 1. The van der Waals surface area contributed by atoms with E-state index in [0.717, 1.165) is 13.2 Å². The summed E-state index contributed by atoms with van der Waals surface area (Å²) in [6, 6.07) is 3.04. The molecule has 0 radical (unpaired) electrons. The van der Waals surface area contributed by atoms with Gasteiger partial charge in [-0.05, 0) is 17.7 Å². The number of nitrogens with zero attached hydrogens (tertiary/aromatic N) is 1. The highest BCUT2D eigenvalue weighted by Crippen LogP contribution is 2.34. The Labute approximate surface area is 106 Å². The van der Waals surface area contributed by atoms with Crippen molar-refractivity contribution in [3.05, 3.63) is 33.8 Å². The van der Waals surface area contributed by atoms with Gasteiger partial charge in [0.15, 0.2) is 0 Å². The molecule has 0 bridgehead atoms. The molecule has 0 atom stereocenters. The standard InChI is InChI=1S/C11H7ClF3NO2/c1-18-10(17)3-6-2-7(11(13,14)15)4-9(12)8(6)5-16/h2,4H,3H2,1H3.